The third-order valence-corrected chi connectivity index (χ3v) is 23.0. The second-order valence-corrected chi connectivity index (χ2v) is 36.1. The van der Waals surface area contributed by atoms with Gasteiger partial charge in [-0.2, -0.15) is 0 Å². The van der Waals surface area contributed by atoms with Crippen LogP contribution in [0.1, 0.15) is 419 Å². The van der Waals surface area contributed by atoms with Crippen LogP contribution in [-0.2, 0) is 55.8 Å². The van der Waals surface area contributed by atoms with E-state index in [9.17, 15) is 43.5 Å². The molecule has 0 radical (unpaired) electrons. The van der Waals surface area contributed by atoms with Crippen LogP contribution in [0.3, 0.4) is 0 Å². The highest BCUT2D eigenvalue weighted by Gasteiger charge is 2.30. The third kappa shape index (κ3) is 99.1. The Labute approximate surface area is 764 Å². The summed E-state index contributed by atoms with van der Waals surface area (Å²) in [7, 11) is -9.82. The molecule has 0 aliphatic carbocycles. The fraction of sp³-hybridized carbons (Fsp3) is 0.692. The van der Waals surface area contributed by atoms with E-state index in [0.29, 0.717) is 19.3 Å². The van der Waals surface area contributed by atoms with Crippen molar-refractivity contribution in [3.8, 4) is 0 Å². The van der Waals surface area contributed by atoms with Crippen molar-refractivity contribution < 1.29 is 75.8 Å². The molecule has 0 heterocycles. The van der Waals surface area contributed by atoms with Crippen molar-refractivity contribution in [3.63, 3.8) is 0 Å². The molecule has 5 unspecified atom stereocenters. The molecule has 716 valence electrons. The van der Waals surface area contributed by atoms with Gasteiger partial charge in [-0.3, -0.25) is 32.5 Å². The molecule has 0 spiro atoms. The maximum atomic E-state index is 13.1. The molecular formula is C107H182O16P2. The number of allylic oxidation sites excluding steroid dienone is 30. The summed E-state index contributed by atoms with van der Waals surface area (Å²) < 4.78 is 61.7. The summed E-state index contributed by atoms with van der Waals surface area (Å²) in [6.07, 6.45) is 129. The first-order valence-corrected chi connectivity index (χ1v) is 53.1. The van der Waals surface area contributed by atoms with E-state index in [-0.39, 0.29) is 19.3 Å². The van der Waals surface area contributed by atoms with Gasteiger partial charge in [0.15, 0.2) is 6.10 Å². The van der Waals surface area contributed by atoms with E-state index in [1.54, 1.807) is 0 Å². The van der Waals surface area contributed by atoms with Gasteiger partial charge in [-0.15, -0.1) is 0 Å². The SMILES string of the molecule is CC/C=C\C/C=C\C/C=C\C/C=C\C/C=C\C/C=C\CCCCCCCCCCCCCCCCCCC(=O)OCC(O)COP(=O)(O)OCC(O)COP(=O)(O)OCC(COC(=O)CCCCCCCCCCCCCCC/C=C\C/C=C\C/C=C\C/C=C\C/C=C\CC)OC(=O)CCCCCCCCCCC/C=C\C/C=C\C/C=C\C/C=C\CCCCC. The second-order valence-electron chi connectivity index (χ2n) is 33.2. The minimum absolute atomic E-state index is 0.0938. The van der Waals surface area contributed by atoms with Gasteiger partial charge in [0.2, 0.25) is 0 Å². The summed E-state index contributed by atoms with van der Waals surface area (Å²) in [6.45, 7) is 2.48. The third-order valence-electron chi connectivity index (χ3n) is 21.1. The van der Waals surface area contributed by atoms with Crippen molar-refractivity contribution in [2.24, 2.45) is 0 Å². The Bertz CT molecular complexity index is 3000. The van der Waals surface area contributed by atoms with Crippen LogP contribution in [-0.4, -0.2) is 95.9 Å². The van der Waals surface area contributed by atoms with Gasteiger partial charge in [0.05, 0.1) is 26.4 Å². The number of carbonyl (C=O) groups excluding carboxylic acids is 3. The van der Waals surface area contributed by atoms with Crippen molar-refractivity contribution >= 4 is 33.6 Å². The zero-order valence-corrected chi connectivity index (χ0v) is 81.0. The number of rotatable bonds is 94. The maximum absolute atomic E-state index is 13.1. The van der Waals surface area contributed by atoms with Gasteiger partial charge in [0.25, 0.3) is 0 Å². The van der Waals surface area contributed by atoms with Crippen LogP contribution in [0.2, 0.25) is 0 Å². The van der Waals surface area contributed by atoms with E-state index in [1.807, 2.05) is 0 Å². The summed E-state index contributed by atoms with van der Waals surface area (Å²) in [5.74, 6) is -1.57. The number of phosphoric acid groups is 2. The largest absolute Gasteiger partial charge is 0.472 e. The van der Waals surface area contributed by atoms with Crippen molar-refractivity contribution in [1.29, 1.82) is 0 Å². The van der Waals surface area contributed by atoms with E-state index in [1.165, 1.54) is 186 Å². The first-order valence-electron chi connectivity index (χ1n) is 50.1. The molecule has 125 heavy (non-hydrogen) atoms. The van der Waals surface area contributed by atoms with Gasteiger partial charge in [0, 0.05) is 19.3 Å². The van der Waals surface area contributed by atoms with Crippen LogP contribution >= 0.6 is 15.6 Å². The van der Waals surface area contributed by atoms with Gasteiger partial charge >= 0.3 is 33.6 Å². The normalized spacial score (nSPS) is 14.5. The van der Waals surface area contributed by atoms with E-state index in [2.05, 4.69) is 203 Å². The number of unbranched alkanes of at least 4 members (excludes halogenated alkanes) is 41. The predicted octanol–water partition coefficient (Wildman–Crippen LogP) is 31.6. The lowest BCUT2D eigenvalue weighted by atomic mass is 10.0. The topological polar surface area (TPSA) is 231 Å². The summed E-state index contributed by atoms with van der Waals surface area (Å²) >= 11 is 0. The Morgan fingerprint density at radius 3 is 0.672 bits per heavy atom. The number of aliphatic hydroxyl groups is 2. The summed E-state index contributed by atoms with van der Waals surface area (Å²) in [4.78, 5) is 59.2. The summed E-state index contributed by atoms with van der Waals surface area (Å²) in [5, 5.41) is 20.8. The zero-order chi connectivity index (χ0) is 90.7. The molecule has 0 aromatic carbocycles. The zero-order valence-electron chi connectivity index (χ0n) is 79.2. The van der Waals surface area contributed by atoms with E-state index < -0.39 is 91.5 Å². The average molecular weight is 1790 g/mol. The fourth-order valence-electron chi connectivity index (χ4n) is 13.6. The quantitative estimate of drug-likeness (QED) is 0.0146. The van der Waals surface area contributed by atoms with Gasteiger partial charge in [-0.1, -0.05) is 421 Å². The Balaban J connectivity index is 4.58. The Morgan fingerprint density at radius 2 is 0.424 bits per heavy atom. The Morgan fingerprint density at radius 1 is 0.232 bits per heavy atom. The standard InChI is InChI=1S/C107H182O16P2/c1-4-7-10-13-16-19-22-25-28-31-34-37-40-43-45-47-48-49-50-51-52-54-56-58-60-63-66-69-72-75-78-81-84-87-90-93-105(110)117-96-102(108)97-119-124(113,114)120-98-103(109)99-121-125(115,116)122-101-104(123-107(112)95-92-89-86-83-80-77-74-71-68-65-62-57-42-39-36-33-30-27-24-21-18-15-12-9-6-3)100-118-106(111)94-91-88-85-82-79-76-73-70-67-64-61-59-55-53-46-44-41-38-35-32-29-26-23-20-17-14-11-8-5-2/h7-8,10-11,16-21,25-30,34-39,43-46,48-49,57,62,102-104,108-109H,4-6,9,12-15,22-24,31-33,40-42,47,50-56,58-61,63-101H2,1-3H3,(H,113,114)(H,115,116)/b10-7-,11-8-,19-16-,20-17-,21-18-,28-25-,29-26-,30-27-,37-34-,38-35-,39-36-,45-43-,46-44-,49-48-,62-57-. The minimum atomic E-state index is -4.95. The van der Waals surface area contributed by atoms with Crippen molar-refractivity contribution in [2.45, 2.75) is 437 Å². The number of aliphatic hydroxyl groups excluding tert-OH is 2. The van der Waals surface area contributed by atoms with Gasteiger partial charge in [-0.05, 0) is 161 Å². The van der Waals surface area contributed by atoms with Crippen LogP contribution in [0.15, 0.2) is 182 Å². The lowest BCUT2D eigenvalue weighted by Gasteiger charge is -2.21. The van der Waals surface area contributed by atoms with Crippen LogP contribution in [0.4, 0.5) is 0 Å². The lowest BCUT2D eigenvalue weighted by Crippen LogP contribution is -2.30. The number of hydrogen-bond acceptors (Lipinski definition) is 14. The molecule has 0 saturated heterocycles. The Kier molecular flexibility index (Phi) is 93.5. The lowest BCUT2D eigenvalue weighted by molar-refractivity contribution is -0.161. The van der Waals surface area contributed by atoms with E-state index >= 15 is 0 Å². The first-order chi connectivity index (χ1) is 61.2. The highest BCUT2D eigenvalue weighted by atomic mass is 31.2. The number of ether oxygens (including phenoxy) is 3. The smallest absolute Gasteiger partial charge is 0.463 e. The predicted molar refractivity (Wildman–Crippen MR) is 528 cm³/mol. The van der Waals surface area contributed by atoms with E-state index in [4.69, 9.17) is 32.3 Å². The van der Waals surface area contributed by atoms with Gasteiger partial charge in [-0.25, -0.2) is 9.13 Å². The highest BCUT2D eigenvalue weighted by Crippen LogP contribution is 2.45. The first kappa shape index (κ1) is 120. The number of phosphoric ester groups is 2. The molecule has 0 amide bonds. The highest BCUT2D eigenvalue weighted by molar-refractivity contribution is 7.47. The molecule has 0 aliphatic rings. The molecule has 0 fully saturated rings. The average Bonchev–Trinajstić information content (AvgIpc) is 0.897. The van der Waals surface area contributed by atoms with Crippen molar-refractivity contribution in [2.75, 3.05) is 39.6 Å². The number of hydrogen-bond donors (Lipinski definition) is 4. The van der Waals surface area contributed by atoms with Gasteiger partial charge < -0.3 is 34.2 Å². The van der Waals surface area contributed by atoms with Crippen LogP contribution in [0, 0.1) is 0 Å². The fourth-order valence-corrected chi connectivity index (χ4v) is 15.2. The summed E-state index contributed by atoms with van der Waals surface area (Å²) in [5.41, 5.74) is 0. The van der Waals surface area contributed by atoms with E-state index in [0.717, 1.165) is 173 Å². The molecule has 0 aromatic heterocycles. The monoisotopic (exact) mass is 1790 g/mol. The number of esters is 3. The Hall–Kier alpha value is -5.35. The molecule has 0 aromatic rings. The van der Waals surface area contributed by atoms with Gasteiger partial charge in [0.1, 0.15) is 25.4 Å². The summed E-state index contributed by atoms with van der Waals surface area (Å²) in [6, 6.07) is 0. The number of carbonyl (C=O) groups is 3. The van der Waals surface area contributed by atoms with Crippen molar-refractivity contribution in [1.82, 2.24) is 0 Å². The molecule has 0 rings (SSSR count). The molecule has 0 bridgehead atoms. The molecular weight excluding hydrogens is 1600 g/mol. The second kappa shape index (κ2) is 97.7. The van der Waals surface area contributed by atoms with Crippen LogP contribution in [0.25, 0.3) is 0 Å². The minimum Gasteiger partial charge on any atom is -0.463 e. The molecule has 5 atom stereocenters. The maximum Gasteiger partial charge on any atom is 0.472 e. The molecule has 18 heteroatoms. The van der Waals surface area contributed by atoms with Crippen LogP contribution in [0.5, 0.6) is 0 Å². The molecule has 0 saturated carbocycles. The van der Waals surface area contributed by atoms with Crippen molar-refractivity contribution in [3.05, 3.63) is 182 Å². The molecule has 4 N–H and O–H groups in total. The molecule has 0 aliphatic heterocycles. The van der Waals surface area contributed by atoms with Crippen LogP contribution < -0.4 is 0 Å². The molecule has 16 nitrogen and oxygen atoms in total.